The van der Waals surface area contributed by atoms with Crippen LogP contribution in [0.3, 0.4) is 0 Å². The lowest BCUT2D eigenvalue weighted by molar-refractivity contribution is 0.208. The van der Waals surface area contributed by atoms with E-state index in [1.54, 1.807) is 13.0 Å². The summed E-state index contributed by atoms with van der Waals surface area (Å²) < 4.78 is 2.10. The maximum absolute atomic E-state index is 9.77. The van der Waals surface area contributed by atoms with Gasteiger partial charge in [-0.2, -0.15) is 10.1 Å². The van der Waals surface area contributed by atoms with E-state index < -0.39 is 6.10 Å². The van der Waals surface area contributed by atoms with Gasteiger partial charge in [0, 0.05) is 19.1 Å². The highest BCUT2D eigenvalue weighted by Crippen LogP contribution is 2.37. The molecule has 1 aromatic rings. The van der Waals surface area contributed by atoms with E-state index in [9.17, 15) is 5.11 Å². The second-order valence-electron chi connectivity index (χ2n) is 8.12. The van der Waals surface area contributed by atoms with Crippen molar-refractivity contribution in [3.05, 3.63) is 34.5 Å². The molecule has 0 saturated carbocycles. The topological polar surface area (TPSA) is 114 Å². The van der Waals surface area contributed by atoms with Crippen LogP contribution in [-0.2, 0) is 6.54 Å². The number of aromatic nitrogens is 4. The van der Waals surface area contributed by atoms with Gasteiger partial charge in [0.05, 0.1) is 28.2 Å². The Morgan fingerprint density at radius 2 is 1.87 bits per heavy atom. The van der Waals surface area contributed by atoms with Crippen LogP contribution in [0.15, 0.2) is 18.2 Å². The quantitative estimate of drug-likeness (QED) is 0.396. The van der Waals surface area contributed by atoms with Crippen LogP contribution in [-0.4, -0.2) is 37.5 Å². The van der Waals surface area contributed by atoms with E-state index in [2.05, 4.69) is 53.1 Å². The predicted molar refractivity (Wildman–Crippen MR) is 122 cm³/mol. The highest BCUT2D eigenvalue weighted by atomic mass is 35.5. The molecule has 1 atom stereocenters. The van der Waals surface area contributed by atoms with Gasteiger partial charge in [-0.05, 0) is 44.4 Å². The predicted octanol–water partition coefficient (Wildman–Crippen LogP) is 4.12. The molecular formula is C21H30ClN7O. The van der Waals surface area contributed by atoms with E-state index in [1.165, 1.54) is 0 Å². The molecule has 1 aromatic carbocycles. The monoisotopic (exact) mass is 431 g/mol. The van der Waals surface area contributed by atoms with Crippen LogP contribution >= 0.6 is 11.6 Å². The third kappa shape index (κ3) is 4.60. The van der Waals surface area contributed by atoms with Crippen LogP contribution in [0.5, 0.6) is 0 Å². The van der Waals surface area contributed by atoms with Gasteiger partial charge in [0.2, 0.25) is 5.95 Å². The molecule has 0 spiro atoms. The Morgan fingerprint density at radius 3 is 2.47 bits per heavy atom. The van der Waals surface area contributed by atoms with Crippen LogP contribution in [0.25, 0.3) is 11.4 Å². The van der Waals surface area contributed by atoms with Gasteiger partial charge in [-0.25, -0.2) is 0 Å². The molecule has 0 saturated heterocycles. The van der Waals surface area contributed by atoms with Gasteiger partial charge in [-0.15, -0.1) is 5.10 Å². The zero-order chi connectivity index (χ0) is 22.0. The summed E-state index contributed by atoms with van der Waals surface area (Å²) >= 11 is 6.03. The number of benzene rings is 1. The summed E-state index contributed by atoms with van der Waals surface area (Å²) in [5.74, 6) is 1.49. The minimum Gasteiger partial charge on any atom is -0.398 e. The maximum atomic E-state index is 9.77. The van der Waals surface area contributed by atoms with E-state index in [0.29, 0.717) is 35.6 Å². The minimum absolute atomic E-state index is 0.130. The van der Waals surface area contributed by atoms with Crippen LogP contribution in [0.4, 0.5) is 17.5 Å². The largest absolute Gasteiger partial charge is 0.398 e. The van der Waals surface area contributed by atoms with Crippen molar-refractivity contribution < 1.29 is 5.11 Å². The Morgan fingerprint density at radius 1 is 1.13 bits per heavy atom. The summed E-state index contributed by atoms with van der Waals surface area (Å²) in [4.78, 5) is 4.79. The average Bonchev–Trinajstić information content (AvgIpc) is 3.11. The highest BCUT2D eigenvalue weighted by Gasteiger charge is 2.27. The highest BCUT2D eigenvalue weighted by molar-refractivity contribution is 6.33. The number of nitrogen functional groups attached to an aromatic ring is 1. The first-order valence-corrected chi connectivity index (χ1v) is 10.5. The number of nitrogens with two attached hydrogens (primary N) is 1. The van der Waals surface area contributed by atoms with Crippen molar-refractivity contribution in [1.82, 2.24) is 19.7 Å². The lowest BCUT2D eigenvalue weighted by atomic mass is 10.1. The Labute approximate surface area is 182 Å². The number of aliphatic hydroxyl groups excluding tert-OH is 1. The van der Waals surface area contributed by atoms with E-state index in [-0.39, 0.29) is 12.0 Å². The van der Waals surface area contributed by atoms with E-state index in [1.807, 2.05) is 12.1 Å². The van der Waals surface area contributed by atoms with Gasteiger partial charge in [0.25, 0.3) is 0 Å². The molecule has 0 radical (unpaired) electrons. The van der Waals surface area contributed by atoms with Gasteiger partial charge < -0.3 is 26.0 Å². The number of nitrogens with zero attached hydrogens (tertiary/aromatic N) is 4. The minimum atomic E-state index is -0.503. The number of hydrogen-bond donors (Lipinski definition) is 4. The Bertz CT molecular complexity index is 984. The molecule has 162 valence electrons. The van der Waals surface area contributed by atoms with Gasteiger partial charge >= 0.3 is 0 Å². The zero-order valence-electron chi connectivity index (χ0n) is 18.1. The molecule has 0 aliphatic carbocycles. The SMILES string of the molecule is CC(O)CNc1nc(NCc2ccc(Cl)c(N)c2)c2nnc(C(C)C)c-2n1C(C)C. The molecular weight excluding hydrogens is 402 g/mol. The van der Waals surface area contributed by atoms with Crippen molar-refractivity contribution in [2.75, 3.05) is 22.9 Å². The first-order chi connectivity index (χ1) is 14.2. The van der Waals surface area contributed by atoms with Crippen molar-refractivity contribution in [1.29, 1.82) is 0 Å². The van der Waals surface area contributed by atoms with Crippen LogP contribution in [0, 0.1) is 0 Å². The second kappa shape index (κ2) is 9.06. The smallest absolute Gasteiger partial charge is 0.205 e. The van der Waals surface area contributed by atoms with E-state index in [0.717, 1.165) is 22.6 Å². The molecule has 1 unspecified atom stereocenters. The molecule has 0 aromatic heterocycles. The van der Waals surface area contributed by atoms with E-state index in [4.69, 9.17) is 22.3 Å². The fourth-order valence-electron chi connectivity index (χ4n) is 3.30. The van der Waals surface area contributed by atoms with Crippen molar-refractivity contribution >= 4 is 29.1 Å². The Balaban J connectivity index is 2.05. The van der Waals surface area contributed by atoms with Crippen molar-refractivity contribution in [2.45, 2.75) is 59.2 Å². The fourth-order valence-corrected chi connectivity index (χ4v) is 3.42. The molecule has 9 heteroatoms. The molecule has 2 heterocycles. The molecule has 2 aliphatic heterocycles. The van der Waals surface area contributed by atoms with Gasteiger partial charge in [0.15, 0.2) is 11.5 Å². The number of anilines is 3. The Hall–Kier alpha value is -2.58. The number of fused-ring (bicyclic) bond motifs is 1. The van der Waals surface area contributed by atoms with Crippen molar-refractivity contribution in [2.24, 2.45) is 0 Å². The molecule has 2 aliphatic rings. The lowest BCUT2D eigenvalue weighted by Crippen LogP contribution is -2.23. The average molecular weight is 432 g/mol. The summed E-state index contributed by atoms with van der Waals surface area (Å²) in [6, 6.07) is 5.67. The Kier molecular flexibility index (Phi) is 6.67. The molecule has 30 heavy (non-hydrogen) atoms. The summed E-state index contributed by atoms with van der Waals surface area (Å²) in [6.45, 7) is 11.0. The van der Waals surface area contributed by atoms with Gasteiger partial charge in [0.1, 0.15) is 0 Å². The van der Waals surface area contributed by atoms with Crippen LogP contribution < -0.4 is 16.4 Å². The molecule has 5 N–H and O–H groups in total. The van der Waals surface area contributed by atoms with Crippen molar-refractivity contribution in [3.63, 3.8) is 0 Å². The first-order valence-electron chi connectivity index (χ1n) is 10.2. The van der Waals surface area contributed by atoms with Gasteiger partial charge in [-0.1, -0.05) is 31.5 Å². The number of hydrogen-bond acceptors (Lipinski definition) is 7. The third-order valence-electron chi connectivity index (χ3n) is 4.77. The lowest BCUT2D eigenvalue weighted by Gasteiger charge is -2.24. The first kappa shape index (κ1) is 22.1. The molecule has 0 bridgehead atoms. The fraction of sp³-hybridized carbons (Fsp3) is 0.476. The zero-order valence-corrected chi connectivity index (χ0v) is 18.8. The third-order valence-corrected chi connectivity index (χ3v) is 5.12. The number of aliphatic hydroxyl groups is 1. The molecule has 0 amide bonds. The summed E-state index contributed by atoms with van der Waals surface area (Å²) in [5, 5.41) is 25.8. The molecule has 0 fully saturated rings. The summed E-state index contributed by atoms with van der Waals surface area (Å²) in [7, 11) is 0. The number of halogens is 1. The van der Waals surface area contributed by atoms with E-state index >= 15 is 0 Å². The summed E-state index contributed by atoms with van der Waals surface area (Å²) in [6.07, 6.45) is -0.503. The summed E-state index contributed by atoms with van der Waals surface area (Å²) in [5.41, 5.74) is 10.0. The normalized spacial score (nSPS) is 12.7. The molecule has 8 nitrogen and oxygen atoms in total. The van der Waals surface area contributed by atoms with Gasteiger partial charge in [-0.3, -0.25) is 0 Å². The molecule has 3 rings (SSSR count). The second-order valence-corrected chi connectivity index (χ2v) is 8.53. The number of rotatable bonds is 8. The maximum Gasteiger partial charge on any atom is 0.205 e. The van der Waals surface area contributed by atoms with Crippen LogP contribution in [0.2, 0.25) is 5.02 Å². The standard InChI is InChI=1S/C21H30ClN7O/c1-11(2)17-19-18(28-27-17)20(24-10-14-6-7-15(22)16(23)8-14)26-21(25-9-13(5)30)29(19)12(3)4/h6-8,11-13,24,30H,9-10,23H2,1-5H3,(H,25,26). The number of nitrogens with one attached hydrogen (secondary N) is 2. The van der Waals surface area contributed by atoms with Crippen LogP contribution in [0.1, 0.15) is 57.8 Å². The van der Waals surface area contributed by atoms with Crippen molar-refractivity contribution in [3.8, 4) is 11.4 Å².